The highest BCUT2D eigenvalue weighted by Crippen LogP contribution is 2.38. The van der Waals surface area contributed by atoms with Gasteiger partial charge in [0.25, 0.3) is 0 Å². The lowest BCUT2D eigenvalue weighted by Crippen LogP contribution is -2.39. The van der Waals surface area contributed by atoms with Gasteiger partial charge in [0.15, 0.2) is 18.5 Å². The fourth-order valence-electron chi connectivity index (χ4n) is 7.03. The molecule has 0 spiro atoms. The van der Waals surface area contributed by atoms with E-state index in [1.165, 1.54) is 56.9 Å². The van der Waals surface area contributed by atoms with E-state index in [0.29, 0.717) is 29.4 Å². The Labute approximate surface area is 313 Å². The van der Waals surface area contributed by atoms with Crippen molar-refractivity contribution in [2.24, 2.45) is 5.92 Å². The average molecular weight is 727 g/mol. The summed E-state index contributed by atoms with van der Waals surface area (Å²) in [5.41, 5.74) is 5.60. The van der Waals surface area contributed by atoms with Gasteiger partial charge in [0.1, 0.15) is 5.75 Å². The van der Waals surface area contributed by atoms with Gasteiger partial charge in [-0.25, -0.2) is 14.4 Å². The van der Waals surface area contributed by atoms with Crippen LogP contribution in [0.2, 0.25) is 0 Å². The molecule has 9 heteroatoms. The Morgan fingerprint density at radius 1 is 0.698 bits per heavy atom. The number of unbranched alkanes of at least 4 members (excludes halogenated alkanes) is 3. The zero-order valence-electron chi connectivity index (χ0n) is 31.4. The van der Waals surface area contributed by atoms with E-state index in [4.69, 9.17) is 28.4 Å². The summed E-state index contributed by atoms with van der Waals surface area (Å²) in [4.78, 5) is 37.8. The van der Waals surface area contributed by atoms with Gasteiger partial charge in [0.2, 0.25) is 0 Å². The zero-order valence-corrected chi connectivity index (χ0v) is 31.4. The molecule has 0 radical (unpaired) electrons. The lowest BCUT2D eigenvalue weighted by atomic mass is 9.77. The minimum Gasteiger partial charge on any atom is -0.464 e. The fraction of sp³-hybridized carbons (Fsp3) is 0.477. The van der Waals surface area contributed by atoms with Gasteiger partial charge in [-0.1, -0.05) is 86.4 Å². The summed E-state index contributed by atoms with van der Waals surface area (Å²) in [6.07, 6.45) is 7.98. The molecule has 284 valence electrons. The maximum absolute atomic E-state index is 13.0. The Hall–Kier alpha value is -4.31. The second-order valence-electron chi connectivity index (χ2n) is 14.0. The number of hydrogen-bond acceptors (Lipinski definition) is 9. The van der Waals surface area contributed by atoms with Crippen LogP contribution in [0, 0.1) is 5.92 Å². The van der Waals surface area contributed by atoms with Gasteiger partial charge in [-0.3, -0.25) is 0 Å². The number of carbonyl (C=O) groups excluding carboxylic acids is 3. The van der Waals surface area contributed by atoms with Crippen molar-refractivity contribution in [3.05, 3.63) is 102 Å². The maximum atomic E-state index is 13.0. The minimum absolute atomic E-state index is 0.130. The van der Waals surface area contributed by atoms with Crippen molar-refractivity contribution in [2.75, 3.05) is 26.4 Å². The standard InChI is InChI=1S/C44H54O9/c1-5-49-42(46)39-40(43(47)50-6-2)53-44(52-39)37-24-26-38(27-25-37)51-41(45)36-22-20-35(21-23-36)34-18-16-33(17-19-34)32-14-12-31(13-15-32)11-9-7-8-10-28-48-29-30(3)4/h16-27,31-32,39-40,44H,3,5-15,28-29H2,1-2,4H3/t31-,32-,39-,40-/m1/s1. The van der Waals surface area contributed by atoms with Crippen molar-refractivity contribution in [1.29, 1.82) is 0 Å². The van der Waals surface area contributed by atoms with Crippen LogP contribution >= 0.6 is 0 Å². The van der Waals surface area contributed by atoms with E-state index in [2.05, 4.69) is 30.8 Å². The third-order valence-corrected chi connectivity index (χ3v) is 9.90. The van der Waals surface area contributed by atoms with Crippen molar-refractivity contribution in [3.8, 4) is 16.9 Å². The molecule has 1 saturated heterocycles. The molecule has 3 aromatic carbocycles. The molecule has 1 aliphatic heterocycles. The third kappa shape index (κ3) is 11.6. The Balaban J connectivity index is 1.06. The molecular weight excluding hydrogens is 672 g/mol. The molecule has 0 N–H and O–H groups in total. The normalized spacial score (nSPS) is 20.1. The Bertz CT molecular complexity index is 1600. The molecule has 2 aliphatic rings. The van der Waals surface area contributed by atoms with Crippen molar-refractivity contribution in [1.82, 2.24) is 0 Å². The Morgan fingerprint density at radius 2 is 1.25 bits per heavy atom. The van der Waals surface area contributed by atoms with Gasteiger partial charge in [0, 0.05) is 12.2 Å². The second kappa shape index (κ2) is 20.2. The molecule has 0 aromatic heterocycles. The summed E-state index contributed by atoms with van der Waals surface area (Å²) in [7, 11) is 0. The van der Waals surface area contributed by atoms with E-state index in [9.17, 15) is 14.4 Å². The number of esters is 3. The summed E-state index contributed by atoms with van der Waals surface area (Å²) >= 11 is 0. The lowest BCUT2D eigenvalue weighted by Gasteiger charge is -2.29. The van der Waals surface area contributed by atoms with Gasteiger partial charge in [-0.2, -0.15) is 0 Å². The molecule has 1 aliphatic carbocycles. The van der Waals surface area contributed by atoms with E-state index < -0.39 is 36.4 Å². The average Bonchev–Trinajstić information content (AvgIpc) is 3.63. The summed E-state index contributed by atoms with van der Waals surface area (Å²) in [5, 5.41) is 0. The fourth-order valence-corrected chi connectivity index (χ4v) is 7.03. The van der Waals surface area contributed by atoms with Crippen LogP contribution in [0.15, 0.2) is 84.9 Å². The van der Waals surface area contributed by atoms with Crippen LogP contribution in [0.3, 0.4) is 0 Å². The first-order valence-corrected chi connectivity index (χ1v) is 19.1. The van der Waals surface area contributed by atoms with Crippen molar-refractivity contribution in [2.45, 2.75) is 103 Å². The molecule has 53 heavy (non-hydrogen) atoms. The first kappa shape index (κ1) is 39.9. The number of ether oxygens (including phenoxy) is 6. The van der Waals surface area contributed by atoms with Crippen LogP contribution < -0.4 is 4.74 Å². The first-order chi connectivity index (χ1) is 25.7. The van der Waals surface area contributed by atoms with E-state index in [0.717, 1.165) is 35.6 Å². The van der Waals surface area contributed by atoms with Gasteiger partial charge >= 0.3 is 17.9 Å². The lowest BCUT2D eigenvalue weighted by molar-refractivity contribution is -0.163. The molecule has 3 aromatic rings. The highest BCUT2D eigenvalue weighted by atomic mass is 16.8. The summed E-state index contributed by atoms with van der Waals surface area (Å²) < 4.78 is 32.8. The molecule has 2 atom stereocenters. The van der Waals surface area contributed by atoms with E-state index >= 15 is 0 Å². The molecule has 0 amide bonds. The SMILES string of the molecule is C=C(C)COCCCCCC[C@H]1CC[C@H](c2ccc(-c3ccc(C(=O)Oc4ccc(C5O[C@@H](C(=O)OCC)[C@H](C(=O)OCC)O5)cc4)cc3)cc2)CC1. The number of rotatable bonds is 18. The Kier molecular flexibility index (Phi) is 15.2. The van der Waals surface area contributed by atoms with E-state index in [-0.39, 0.29) is 13.2 Å². The van der Waals surface area contributed by atoms with E-state index in [1.807, 2.05) is 19.1 Å². The summed E-state index contributed by atoms with van der Waals surface area (Å²) in [6, 6.07) is 22.8. The third-order valence-electron chi connectivity index (χ3n) is 9.90. The number of hydrogen-bond donors (Lipinski definition) is 0. The molecule has 2 fully saturated rings. The monoisotopic (exact) mass is 726 g/mol. The molecule has 5 rings (SSSR count). The Morgan fingerprint density at radius 3 is 1.81 bits per heavy atom. The highest BCUT2D eigenvalue weighted by Gasteiger charge is 2.47. The molecular formula is C44H54O9. The van der Waals surface area contributed by atoms with Gasteiger partial charge in [-0.05, 0) is 106 Å². The van der Waals surface area contributed by atoms with Crippen molar-refractivity contribution >= 4 is 17.9 Å². The predicted octanol–water partition coefficient (Wildman–Crippen LogP) is 9.30. The quantitative estimate of drug-likeness (QED) is 0.0549. The second-order valence-corrected chi connectivity index (χ2v) is 14.0. The predicted molar refractivity (Wildman–Crippen MR) is 202 cm³/mol. The van der Waals surface area contributed by atoms with Crippen LogP contribution in [-0.4, -0.2) is 56.5 Å². The van der Waals surface area contributed by atoms with Gasteiger partial charge in [0.05, 0.1) is 25.4 Å². The van der Waals surface area contributed by atoms with Crippen LogP contribution in [0.5, 0.6) is 5.75 Å². The van der Waals surface area contributed by atoms with Crippen molar-refractivity contribution < 1.29 is 42.8 Å². The van der Waals surface area contributed by atoms with E-state index in [1.54, 1.807) is 50.2 Å². The van der Waals surface area contributed by atoms with Crippen LogP contribution in [-0.2, 0) is 33.3 Å². The van der Waals surface area contributed by atoms with Crippen molar-refractivity contribution in [3.63, 3.8) is 0 Å². The molecule has 0 unspecified atom stereocenters. The number of carbonyl (C=O) groups is 3. The zero-order chi connectivity index (χ0) is 37.6. The summed E-state index contributed by atoms with van der Waals surface area (Å²) in [6.45, 7) is 11.0. The topological polar surface area (TPSA) is 107 Å². The number of benzene rings is 3. The largest absolute Gasteiger partial charge is 0.464 e. The van der Waals surface area contributed by atoms with Crippen LogP contribution in [0.4, 0.5) is 0 Å². The molecule has 1 heterocycles. The first-order valence-electron chi connectivity index (χ1n) is 19.1. The molecule has 0 bridgehead atoms. The molecule has 1 saturated carbocycles. The maximum Gasteiger partial charge on any atom is 0.343 e. The summed E-state index contributed by atoms with van der Waals surface area (Å²) in [5.74, 6) is -0.0929. The minimum atomic E-state index is -1.25. The van der Waals surface area contributed by atoms with Gasteiger partial charge in [-0.15, -0.1) is 0 Å². The smallest absolute Gasteiger partial charge is 0.343 e. The molecule has 9 nitrogen and oxygen atoms in total. The van der Waals surface area contributed by atoms with Crippen LogP contribution in [0.25, 0.3) is 11.1 Å². The highest BCUT2D eigenvalue weighted by molar-refractivity contribution is 5.91. The van der Waals surface area contributed by atoms with Crippen LogP contribution in [0.1, 0.15) is 112 Å². The van der Waals surface area contributed by atoms with Gasteiger partial charge < -0.3 is 28.4 Å².